The second-order valence-electron chi connectivity index (χ2n) is 7.41. The second kappa shape index (κ2) is 7.45. The Morgan fingerprint density at radius 1 is 1.15 bits per heavy atom. The Bertz CT molecular complexity index is 948. The van der Waals surface area contributed by atoms with Crippen molar-refractivity contribution < 1.29 is 13.2 Å². The molecule has 1 aromatic carbocycles. The number of amides is 1. The Labute approximate surface area is 164 Å². The molecule has 0 spiro atoms. The number of fused-ring (bicyclic) bond motifs is 1. The number of aryl methyl sites for hydroxylation is 1. The van der Waals surface area contributed by atoms with Gasteiger partial charge in [0.2, 0.25) is 5.91 Å². The number of halogens is 1. The maximum Gasteiger partial charge on any atom is 0.224 e. The third-order valence-electron chi connectivity index (χ3n) is 5.72. The molecule has 27 heavy (non-hydrogen) atoms. The van der Waals surface area contributed by atoms with Crippen molar-refractivity contribution in [3.63, 3.8) is 0 Å². The highest BCUT2D eigenvalue weighted by atomic mass is 35.5. The van der Waals surface area contributed by atoms with E-state index >= 15 is 0 Å². The van der Waals surface area contributed by atoms with E-state index in [0.29, 0.717) is 31.8 Å². The van der Waals surface area contributed by atoms with Gasteiger partial charge in [0.15, 0.2) is 9.84 Å². The summed E-state index contributed by atoms with van der Waals surface area (Å²) in [4.78, 5) is 16.7. The molecule has 2 saturated heterocycles. The predicted octanol–water partition coefficient (Wildman–Crippen LogP) is 2.02. The average Bonchev–Trinajstić information content (AvgIpc) is 3.24. The molecule has 8 heteroatoms. The minimum Gasteiger partial charge on any atom is -0.347 e. The van der Waals surface area contributed by atoms with Crippen molar-refractivity contribution in [3.05, 3.63) is 35.5 Å². The SMILES string of the molecule is O=C(CCn1ccc2c(Cl)cccc21)N1CCN([C@H]2CCS(=O)(=O)C2)CC1. The van der Waals surface area contributed by atoms with Gasteiger partial charge >= 0.3 is 0 Å². The highest BCUT2D eigenvalue weighted by Crippen LogP contribution is 2.24. The molecule has 0 N–H and O–H groups in total. The summed E-state index contributed by atoms with van der Waals surface area (Å²) in [5.41, 5.74) is 1.04. The van der Waals surface area contributed by atoms with Crippen LogP contribution in [0.25, 0.3) is 10.9 Å². The molecule has 2 fully saturated rings. The van der Waals surface area contributed by atoms with Crippen LogP contribution in [0.3, 0.4) is 0 Å². The number of sulfone groups is 1. The van der Waals surface area contributed by atoms with Crippen molar-refractivity contribution >= 4 is 38.2 Å². The van der Waals surface area contributed by atoms with Crippen molar-refractivity contribution in [1.29, 1.82) is 0 Å². The molecular formula is C19H24ClN3O3S. The number of aromatic nitrogens is 1. The normalized spacial score (nSPS) is 23.1. The molecule has 1 aromatic heterocycles. The minimum absolute atomic E-state index is 0.128. The van der Waals surface area contributed by atoms with Gasteiger partial charge in [-0.3, -0.25) is 9.69 Å². The molecule has 0 radical (unpaired) electrons. The van der Waals surface area contributed by atoms with Crippen LogP contribution in [0.2, 0.25) is 5.02 Å². The molecule has 0 bridgehead atoms. The van der Waals surface area contributed by atoms with Crippen molar-refractivity contribution in [1.82, 2.24) is 14.4 Å². The third-order valence-corrected chi connectivity index (χ3v) is 7.80. The lowest BCUT2D eigenvalue weighted by molar-refractivity contribution is -0.133. The van der Waals surface area contributed by atoms with E-state index in [4.69, 9.17) is 11.6 Å². The molecule has 1 atom stereocenters. The number of piperazine rings is 1. The Balaban J connectivity index is 1.30. The minimum atomic E-state index is -2.86. The molecular weight excluding hydrogens is 386 g/mol. The molecule has 146 valence electrons. The first-order valence-corrected chi connectivity index (χ1v) is 11.6. The van der Waals surface area contributed by atoms with Crippen LogP contribution >= 0.6 is 11.6 Å². The Hall–Kier alpha value is -1.57. The van der Waals surface area contributed by atoms with Crippen LogP contribution in [0, 0.1) is 0 Å². The average molecular weight is 410 g/mol. The monoisotopic (exact) mass is 409 g/mol. The van der Waals surface area contributed by atoms with Crippen LogP contribution in [0.1, 0.15) is 12.8 Å². The van der Waals surface area contributed by atoms with Crippen molar-refractivity contribution in [3.8, 4) is 0 Å². The summed E-state index contributed by atoms with van der Waals surface area (Å²) in [6.45, 7) is 3.49. The van der Waals surface area contributed by atoms with Crippen molar-refractivity contribution in [2.45, 2.75) is 25.4 Å². The number of benzene rings is 1. The summed E-state index contributed by atoms with van der Waals surface area (Å²) in [6.07, 6.45) is 3.15. The van der Waals surface area contributed by atoms with Crippen molar-refractivity contribution in [2.75, 3.05) is 37.7 Å². The number of carbonyl (C=O) groups is 1. The molecule has 1 amide bonds. The number of hydrogen-bond donors (Lipinski definition) is 0. The van der Waals surface area contributed by atoms with Crippen LogP contribution in [0.15, 0.2) is 30.5 Å². The standard InChI is InChI=1S/C19H24ClN3O3S/c20-17-2-1-3-18-16(17)4-7-22(18)8-5-19(24)23-11-9-21(10-12-23)15-6-13-27(25,26)14-15/h1-4,7,15H,5-6,8-14H2/t15-/m0/s1. The summed E-state index contributed by atoms with van der Waals surface area (Å²) in [5, 5.41) is 1.73. The van der Waals surface area contributed by atoms with Crippen LogP contribution < -0.4 is 0 Å². The number of hydrogen-bond acceptors (Lipinski definition) is 4. The zero-order valence-electron chi connectivity index (χ0n) is 15.2. The van der Waals surface area contributed by atoms with Gasteiger partial charge in [-0.2, -0.15) is 0 Å². The van der Waals surface area contributed by atoms with E-state index < -0.39 is 9.84 Å². The fourth-order valence-corrected chi connectivity index (χ4v) is 6.15. The van der Waals surface area contributed by atoms with E-state index in [9.17, 15) is 13.2 Å². The molecule has 0 aliphatic carbocycles. The first kappa shape index (κ1) is 18.8. The van der Waals surface area contributed by atoms with E-state index in [0.717, 1.165) is 35.4 Å². The zero-order valence-corrected chi connectivity index (χ0v) is 16.8. The molecule has 3 heterocycles. The van der Waals surface area contributed by atoms with E-state index in [2.05, 4.69) is 9.47 Å². The molecule has 6 nitrogen and oxygen atoms in total. The van der Waals surface area contributed by atoms with Crippen LogP contribution in [-0.2, 0) is 21.2 Å². The molecule has 2 aromatic rings. The van der Waals surface area contributed by atoms with Gasteiger partial charge in [-0.05, 0) is 24.6 Å². The molecule has 0 unspecified atom stereocenters. The largest absolute Gasteiger partial charge is 0.347 e. The van der Waals surface area contributed by atoms with Gasteiger partial charge in [0.25, 0.3) is 0 Å². The van der Waals surface area contributed by atoms with Gasteiger partial charge in [-0.1, -0.05) is 17.7 Å². The lowest BCUT2D eigenvalue weighted by Crippen LogP contribution is -2.52. The first-order valence-electron chi connectivity index (χ1n) is 9.38. The lowest BCUT2D eigenvalue weighted by Gasteiger charge is -2.37. The van der Waals surface area contributed by atoms with E-state index in [1.807, 2.05) is 35.4 Å². The van der Waals surface area contributed by atoms with Gasteiger partial charge < -0.3 is 9.47 Å². The number of carbonyl (C=O) groups excluding carboxylic acids is 1. The van der Waals surface area contributed by atoms with E-state index in [1.54, 1.807) is 0 Å². The summed E-state index contributed by atoms with van der Waals surface area (Å²) < 4.78 is 25.4. The summed E-state index contributed by atoms with van der Waals surface area (Å²) in [7, 11) is -2.86. The van der Waals surface area contributed by atoms with Gasteiger partial charge in [0.1, 0.15) is 0 Å². The quantitative estimate of drug-likeness (QED) is 0.775. The smallest absolute Gasteiger partial charge is 0.224 e. The summed E-state index contributed by atoms with van der Waals surface area (Å²) in [5.74, 6) is 0.716. The Morgan fingerprint density at radius 2 is 1.93 bits per heavy atom. The maximum atomic E-state index is 12.6. The molecule has 2 aliphatic rings. The lowest BCUT2D eigenvalue weighted by atomic mass is 10.2. The Kier molecular flexibility index (Phi) is 5.18. The fourth-order valence-electron chi connectivity index (χ4n) is 4.15. The fraction of sp³-hybridized carbons (Fsp3) is 0.526. The van der Waals surface area contributed by atoms with Gasteiger partial charge in [0, 0.05) is 67.3 Å². The van der Waals surface area contributed by atoms with Gasteiger partial charge in [-0.15, -0.1) is 0 Å². The van der Waals surface area contributed by atoms with Gasteiger partial charge in [0.05, 0.1) is 11.5 Å². The predicted molar refractivity (Wildman–Crippen MR) is 107 cm³/mol. The first-order chi connectivity index (χ1) is 12.9. The Morgan fingerprint density at radius 3 is 2.63 bits per heavy atom. The highest BCUT2D eigenvalue weighted by Gasteiger charge is 2.34. The molecule has 0 saturated carbocycles. The van der Waals surface area contributed by atoms with Crippen LogP contribution in [0.5, 0.6) is 0 Å². The number of rotatable bonds is 4. The van der Waals surface area contributed by atoms with Crippen LogP contribution in [-0.4, -0.2) is 72.4 Å². The second-order valence-corrected chi connectivity index (χ2v) is 10.0. The maximum absolute atomic E-state index is 12.6. The van der Waals surface area contributed by atoms with E-state index in [1.165, 1.54) is 0 Å². The van der Waals surface area contributed by atoms with Crippen LogP contribution in [0.4, 0.5) is 0 Å². The van der Waals surface area contributed by atoms with Gasteiger partial charge in [-0.25, -0.2) is 8.42 Å². The molecule has 2 aliphatic heterocycles. The summed E-state index contributed by atoms with van der Waals surface area (Å²) in [6, 6.07) is 7.92. The molecule has 4 rings (SSSR count). The van der Waals surface area contributed by atoms with Crippen molar-refractivity contribution in [2.24, 2.45) is 0 Å². The van der Waals surface area contributed by atoms with E-state index in [-0.39, 0.29) is 17.7 Å². The zero-order chi connectivity index (χ0) is 19.0. The topological polar surface area (TPSA) is 62.6 Å². The summed E-state index contributed by atoms with van der Waals surface area (Å²) >= 11 is 6.21. The highest BCUT2D eigenvalue weighted by molar-refractivity contribution is 7.91. The third kappa shape index (κ3) is 4.00. The number of nitrogens with zero attached hydrogens (tertiary/aromatic N) is 3.